The van der Waals surface area contributed by atoms with E-state index in [2.05, 4.69) is 31.4 Å². The van der Waals surface area contributed by atoms with Gasteiger partial charge in [0.25, 0.3) is 5.91 Å². The summed E-state index contributed by atoms with van der Waals surface area (Å²) in [6, 6.07) is 4.81. The molecule has 1 aromatic carbocycles. The van der Waals surface area contributed by atoms with E-state index in [9.17, 15) is 4.79 Å². The van der Waals surface area contributed by atoms with E-state index in [0.717, 1.165) is 50.8 Å². The third kappa shape index (κ3) is 5.57. The summed E-state index contributed by atoms with van der Waals surface area (Å²) in [5, 5.41) is 7.26. The second-order valence-corrected chi connectivity index (χ2v) is 10.6. The number of amides is 1. The summed E-state index contributed by atoms with van der Waals surface area (Å²) in [6.07, 6.45) is 4.30. The molecule has 1 heterocycles. The van der Waals surface area contributed by atoms with Crippen molar-refractivity contribution in [2.75, 3.05) is 19.6 Å². The van der Waals surface area contributed by atoms with Crippen molar-refractivity contribution in [3.05, 3.63) is 45.0 Å². The van der Waals surface area contributed by atoms with E-state index in [1.165, 1.54) is 5.57 Å². The minimum Gasteiger partial charge on any atom is -0.351 e. The van der Waals surface area contributed by atoms with Crippen LogP contribution in [-0.4, -0.2) is 31.7 Å². The van der Waals surface area contributed by atoms with Crippen LogP contribution < -0.4 is 10.6 Å². The summed E-state index contributed by atoms with van der Waals surface area (Å²) in [5.74, 6) is -0.221. The van der Waals surface area contributed by atoms with E-state index in [0.29, 0.717) is 28.6 Å². The molecule has 0 bridgehead atoms. The molecule has 1 aliphatic carbocycles. The molecule has 166 valence electrons. The number of alkyl halides is 1. The number of allylic oxidation sites excluding steroid dienone is 2. The average molecular weight is 455 g/mol. The van der Waals surface area contributed by atoms with Crippen LogP contribution in [0.25, 0.3) is 0 Å². The Morgan fingerprint density at radius 2 is 1.80 bits per heavy atom. The first kappa shape index (κ1) is 23.6. The standard InChI is InChI=1S/C24H33Cl2FN2O/c1-16-5-4-6-23(2,3)21(16)20(27)14-24(7-9-28-10-8-24)15-29-22(30)17-11-18(25)13-19(26)12-17/h11-13,20,28H,4-10,14-15H2,1-3H3,(H,29,30). The third-order valence-electron chi connectivity index (χ3n) is 6.88. The number of halogens is 3. The summed E-state index contributed by atoms with van der Waals surface area (Å²) in [5.41, 5.74) is 2.26. The van der Waals surface area contributed by atoms with Crippen LogP contribution in [-0.2, 0) is 0 Å². The van der Waals surface area contributed by atoms with Gasteiger partial charge < -0.3 is 10.6 Å². The van der Waals surface area contributed by atoms with Crippen LogP contribution >= 0.6 is 23.2 Å². The highest BCUT2D eigenvalue weighted by atomic mass is 35.5. The molecule has 2 N–H and O–H groups in total. The van der Waals surface area contributed by atoms with Crippen LogP contribution in [0.4, 0.5) is 4.39 Å². The second-order valence-electron chi connectivity index (χ2n) is 9.69. The maximum Gasteiger partial charge on any atom is 0.251 e. The quantitative estimate of drug-likeness (QED) is 0.491. The van der Waals surface area contributed by atoms with E-state index in [1.54, 1.807) is 18.2 Å². The zero-order valence-corrected chi connectivity index (χ0v) is 19.7. The van der Waals surface area contributed by atoms with Crippen molar-refractivity contribution < 1.29 is 9.18 Å². The van der Waals surface area contributed by atoms with Crippen molar-refractivity contribution in [2.45, 2.75) is 65.5 Å². The summed E-state index contributed by atoms with van der Waals surface area (Å²) in [6.45, 7) is 8.54. The maximum atomic E-state index is 15.8. The Balaban J connectivity index is 1.75. The Bertz CT molecular complexity index is 795. The van der Waals surface area contributed by atoms with E-state index in [4.69, 9.17) is 23.2 Å². The highest BCUT2D eigenvalue weighted by Gasteiger charge is 2.40. The van der Waals surface area contributed by atoms with Gasteiger partial charge in [-0.3, -0.25) is 4.79 Å². The molecule has 1 amide bonds. The molecule has 1 aliphatic heterocycles. The lowest BCUT2D eigenvalue weighted by atomic mass is 9.67. The van der Waals surface area contributed by atoms with Gasteiger partial charge >= 0.3 is 0 Å². The fourth-order valence-electron chi connectivity index (χ4n) is 5.28. The smallest absolute Gasteiger partial charge is 0.251 e. The van der Waals surface area contributed by atoms with E-state index in [1.807, 2.05) is 0 Å². The van der Waals surface area contributed by atoms with E-state index in [-0.39, 0.29) is 16.7 Å². The predicted molar refractivity (Wildman–Crippen MR) is 123 cm³/mol. The normalized spacial score (nSPS) is 21.9. The van der Waals surface area contributed by atoms with Gasteiger partial charge in [-0.05, 0) is 93.1 Å². The number of rotatable bonds is 6. The average Bonchev–Trinajstić information content (AvgIpc) is 2.65. The molecule has 30 heavy (non-hydrogen) atoms. The zero-order valence-electron chi connectivity index (χ0n) is 18.2. The molecule has 1 aromatic rings. The van der Waals surface area contributed by atoms with Crippen molar-refractivity contribution in [3.63, 3.8) is 0 Å². The highest BCUT2D eigenvalue weighted by Crippen LogP contribution is 2.46. The predicted octanol–water partition coefficient (Wildman–Crippen LogP) is 6.35. The number of carbonyl (C=O) groups excluding carboxylic acids is 1. The lowest BCUT2D eigenvalue weighted by molar-refractivity contribution is 0.0869. The largest absolute Gasteiger partial charge is 0.351 e. The van der Waals surface area contributed by atoms with Gasteiger partial charge in [0.15, 0.2) is 0 Å². The van der Waals surface area contributed by atoms with Crippen molar-refractivity contribution in [3.8, 4) is 0 Å². The van der Waals surface area contributed by atoms with Gasteiger partial charge in [0, 0.05) is 22.2 Å². The van der Waals surface area contributed by atoms with Gasteiger partial charge in [-0.25, -0.2) is 4.39 Å². The SMILES string of the molecule is CC1=C(C(F)CC2(CNC(=O)c3cc(Cl)cc(Cl)c3)CCNCC2)C(C)(C)CCC1. The monoisotopic (exact) mass is 454 g/mol. The number of nitrogens with one attached hydrogen (secondary N) is 2. The Morgan fingerprint density at radius 3 is 2.40 bits per heavy atom. The van der Waals surface area contributed by atoms with Crippen molar-refractivity contribution in [2.24, 2.45) is 10.8 Å². The molecule has 3 rings (SSSR count). The maximum absolute atomic E-state index is 15.8. The van der Waals surface area contributed by atoms with E-state index >= 15 is 4.39 Å². The molecule has 0 aromatic heterocycles. The number of benzene rings is 1. The Kier molecular flexibility index (Phi) is 7.53. The third-order valence-corrected chi connectivity index (χ3v) is 7.32. The molecule has 3 nitrogen and oxygen atoms in total. The van der Waals surface area contributed by atoms with Gasteiger partial charge in [-0.1, -0.05) is 42.6 Å². The first-order valence-electron chi connectivity index (χ1n) is 10.9. The van der Waals surface area contributed by atoms with Crippen molar-refractivity contribution in [1.82, 2.24) is 10.6 Å². The van der Waals surface area contributed by atoms with Gasteiger partial charge in [0.1, 0.15) is 6.17 Å². The molecule has 6 heteroatoms. The summed E-state index contributed by atoms with van der Waals surface area (Å²) in [4.78, 5) is 12.7. The first-order chi connectivity index (χ1) is 14.1. The van der Waals surface area contributed by atoms with Gasteiger partial charge in [-0.2, -0.15) is 0 Å². The molecule has 0 spiro atoms. The Labute approximate surface area is 189 Å². The highest BCUT2D eigenvalue weighted by molar-refractivity contribution is 6.35. The van der Waals surface area contributed by atoms with Gasteiger partial charge in [0.2, 0.25) is 0 Å². The minimum absolute atomic E-state index is 0.101. The number of carbonyl (C=O) groups is 1. The lowest BCUT2D eigenvalue weighted by Crippen LogP contribution is -2.46. The fourth-order valence-corrected chi connectivity index (χ4v) is 5.81. The Morgan fingerprint density at radius 1 is 1.17 bits per heavy atom. The number of piperidine rings is 1. The molecule has 0 saturated carbocycles. The van der Waals surface area contributed by atoms with Crippen LogP contribution in [0, 0.1) is 10.8 Å². The minimum atomic E-state index is -0.976. The van der Waals surface area contributed by atoms with Gasteiger partial charge in [0.05, 0.1) is 0 Å². The molecule has 1 fully saturated rings. The first-order valence-corrected chi connectivity index (χ1v) is 11.7. The zero-order chi connectivity index (χ0) is 21.9. The molecule has 1 unspecified atom stereocenters. The molecule has 1 atom stereocenters. The summed E-state index contributed by atoms with van der Waals surface area (Å²) in [7, 11) is 0. The molecular weight excluding hydrogens is 422 g/mol. The fraction of sp³-hybridized carbons (Fsp3) is 0.625. The molecular formula is C24H33Cl2FN2O. The molecule has 2 aliphatic rings. The summed E-state index contributed by atoms with van der Waals surface area (Å²) >= 11 is 12.1. The van der Waals surface area contributed by atoms with Crippen LogP contribution in [0.15, 0.2) is 29.3 Å². The lowest BCUT2D eigenvalue weighted by Gasteiger charge is -2.42. The number of hydrogen-bond donors (Lipinski definition) is 2. The molecule has 0 radical (unpaired) electrons. The van der Waals surface area contributed by atoms with Crippen molar-refractivity contribution in [1.29, 1.82) is 0 Å². The summed E-state index contributed by atoms with van der Waals surface area (Å²) < 4.78 is 15.8. The van der Waals surface area contributed by atoms with Crippen LogP contribution in [0.3, 0.4) is 0 Å². The van der Waals surface area contributed by atoms with Crippen LogP contribution in [0.5, 0.6) is 0 Å². The van der Waals surface area contributed by atoms with Crippen LogP contribution in [0.1, 0.15) is 69.7 Å². The molecule has 1 saturated heterocycles. The topological polar surface area (TPSA) is 41.1 Å². The van der Waals surface area contributed by atoms with Crippen molar-refractivity contribution >= 4 is 29.1 Å². The Hall–Kier alpha value is -1.10. The second kappa shape index (κ2) is 9.58. The van der Waals surface area contributed by atoms with E-state index < -0.39 is 6.17 Å². The number of hydrogen-bond acceptors (Lipinski definition) is 2. The van der Waals surface area contributed by atoms with Crippen LogP contribution in [0.2, 0.25) is 10.0 Å². The van der Waals surface area contributed by atoms with Gasteiger partial charge in [-0.15, -0.1) is 0 Å².